The summed E-state index contributed by atoms with van der Waals surface area (Å²) >= 11 is 1.63. The van der Waals surface area contributed by atoms with Crippen molar-refractivity contribution in [3.05, 3.63) is 16.6 Å². The van der Waals surface area contributed by atoms with Crippen LogP contribution in [0.5, 0.6) is 0 Å². The van der Waals surface area contributed by atoms with E-state index in [4.69, 9.17) is 10.5 Å². The minimum Gasteiger partial charge on any atom is -0.369 e. The molecule has 0 radical (unpaired) electrons. The van der Waals surface area contributed by atoms with Crippen molar-refractivity contribution in [3.8, 4) is 0 Å². The van der Waals surface area contributed by atoms with Crippen molar-refractivity contribution >= 4 is 11.3 Å². The van der Waals surface area contributed by atoms with Crippen LogP contribution in [0.3, 0.4) is 0 Å². The average molecular weight is 212 g/mol. The fourth-order valence-corrected chi connectivity index (χ4v) is 2.49. The Labute approximate surface area is 88.3 Å². The van der Waals surface area contributed by atoms with Crippen LogP contribution >= 0.6 is 11.3 Å². The van der Waals surface area contributed by atoms with E-state index in [1.165, 1.54) is 6.42 Å². The van der Waals surface area contributed by atoms with E-state index in [0.717, 1.165) is 25.0 Å². The first-order valence-electron chi connectivity index (χ1n) is 5.13. The Kier molecular flexibility index (Phi) is 3.50. The minimum absolute atomic E-state index is 0.214. The van der Waals surface area contributed by atoms with Crippen LogP contribution in [-0.2, 0) is 4.74 Å². The van der Waals surface area contributed by atoms with Gasteiger partial charge in [-0.05, 0) is 32.2 Å². The topological polar surface area (TPSA) is 48.1 Å². The third-order valence-corrected chi connectivity index (χ3v) is 3.22. The number of hydrogen-bond donors (Lipinski definition) is 1. The lowest BCUT2D eigenvalue weighted by Gasteiger charge is -2.28. The zero-order chi connectivity index (χ0) is 9.80. The number of ether oxygens (including phenoxy) is 1. The lowest BCUT2D eigenvalue weighted by Crippen LogP contribution is -2.25. The molecule has 1 fully saturated rings. The zero-order valence-electron chi connectivity index (χ0n) is 8.19. The van der Waals surface area contributed by atoms with Crippen molar-refractivity contribution in [2.75, 3.05) is 6.54 Å². The lowest BCUT2D eigenvalue weighted by molar-refractivity contribution is -0.0553. The van der Waals surface area contributed by atoms with Gasteiger partial charge in [0.25, 0.3) is 0 Å². The number of hydrogen-bond acceptors (Lipinski definition) is 4. The maximum atomic E-state index is 5.94. The van der Waals surface area contributed by atoms with Crippen molar-refractivity contribution in [2.24, 2.45) is 5.73 Å². The van der Waals surface area contributed by atoms with Crippen LogP contribution in [0.4, 0.5) is 0 Å². The summed E-state index contributed by atoms with van der Waals surface area (Å²) in [4.78, 5) is 4.30. The number of thiazole rings is 1. The van der Waals surface area contributed by atoms with E-state index in [0.29, 0.717) is 12.6 Å². The molecule has 2 heterocycles. The minimum atomic E-state index is 0.214. The summed E-state index contributed by atoms with van der Waals surface area (Å²) < 4.78 is 5.94. The first kappa shape index (κ1) is 10.1. The molecule has 1 aromatic heterocycles. The van der Waals surface area contributed by atoms with Gasteiger partial charge in [0.1, 0.15) is 6.10 Å². The van der Waals surface area contributed by atoms with Gasteiger partial charge in [-0.15, -0.1) is 11.3 Å². The molecule has 2 unspecified atom stereocenters. The Morgan fingerprint density at radius 3 is 3.21 bits per heavy atom. The van der Waals surface area contributed by atoms with Gasteiger partial charge in [-0.25, -0.2) is 4.98 Å². The van der Waals surface area contributed by atoms with Gasteiger partial charge in [0.2, 0.25) is 0 Å². The van der Waals surface area contributed by atoms with Gasteiger partial charge in [-0.1, -0.05) is 0 Å². The Balaban J connectivity index is 1.94. The van der Waals surface area contributed by atoms with E-state index < -0.39 is 0 Å². The van der Waals surface area contributed by atoms with Crippen LogP contribution in [0.25, 0.3) is 0 Å². The van der Waals surface area contributed by atoms with Gasteiger partial charge in [0.05, 0.1) is 17.3 Å². The third-order valence-electron chi connectivity index (χ3n) is 2.62. The van der Waals surface area contributed by atoms with Crippen LogP contribution in [0.1, 0.15) is 37.5 Å². The highest BCUT2D eigenvalue weighted by atomic mass is 32.1. The number of rotatable bonds is 3. The van der Waals surface area contributed by atoms with Crippen LogP contribution in [0.2, 0.25) is 0 Å². The second-order valence-electron chi connectivity index (χ2n) is 3.67. The van der Waals surface area contributed by atoms with Gasteiger partial charge < -0.3 is 10.5 Å². The highest BCUT2D eigenvalue weighted by molar-refractivity contribution is 7.07. The Morgan fingerprint density at radius 1 is 1.57 bits per heavy atom. The quantitative estimate of drug-likeness (QED) is 0.834. The first-order chi connectivity index (χ1) is 6.90. The molecule has 0 amide bonds. The molecule has 0 spiro atoms. The molecule has 1 aromatic rings. The summed E-state index contributed by atoms with van der Waals surface area (Å²) in [6.45, 7) is 0.717. The highest BCUT2D eigenvalue weighted by Crippen LogP contribution is 2.31. The van der Waals surface area contributed by atoms with Gasteiger partial charge in [-0.2, -0.15) is 0 Å². The van der Waals surface area contributed by atoms with E-state index >= 15 is 0 Å². The smallest absolute Gasteiger partial charge is 0.101 e. The van der Waals surface area contributed by atoms with Crippen molar-refractivity contribution in [2.45, 2.75) is 37.9 Å². The Hall–Kier alpha value is -0.450. The molecular formula is C10H16N2OS. The number of nitrogens with zero attached hydrogens (tertiary/aromatic N) is 1. The molecule has 0 aliphatic carbocycles. The maximum Gasteiger partial charge on any atom is 0.101 e. The molecule has 1 aliphatic heterocycles. The van der Waals surface area contributed by atoms with Gasteiger partial charge >= 0.3 is 0 Å². The summed E-state index contributed by atoms with van der Waals surface area (Å²) in [6.07, 6.45) is 5.02. The van der Waals surface area contributed by atoms with Gasteiger partial charge in [-0.3, -0.25) is 0 Å². The van der Waals surface area contributed by atoms with Gasteiger partial charge in [0, 0.05) is 5.38 Å². The Bertz CT molecular complexity index is 261. The molecule has 1 aliphatic rings. The Morgan fingerprint density at radius 2 is 2.50 bits per heavy atom. The predicted molar refractivity (Wildman–Crippen MR) is 57.3 cm³/mol. The summed E-state index contributed by atoms with van der Waals surface area (Å²) in [7, 11) is 0. The maximum absolute atomic E-state index is 5.94. The van der Waals surface area contributed by atoms with Crippen molar-refractivity contribution < 1.29 is 4.74 Å². The molecule has 0 saturated carbocycles. The summed E-state index contributed by atoms with van der Waals surface area (Å²) in [5, 5.41) is 2.08. The molecule has 4 heteroatoms. The van der Waals surface area contributed by atoms with Gasteiger partial charge in [0.15, 0.2) is 0 Å². The normalized spacial score (nSPS) is 27.8. The van der Waals surface area contributed by atoms with Crippen molar-refractivity contribution in [1.82, 2.24) is 4.98 Å². The molecule has 2 atom stereocenters. The van der Waals surface area contributed by atoms with Crippen LogP contribution in [0.15, 0.2) is 10.9 Å². The monoisotopic (exact) mass is 212 g/mol. The largest absolute Gasteiger partial charge is 0.369 e. The van der Waals surface area contributed by atoms with Crippen LogP contribution < -0.4 is 5.73 Å². The van der Waals surface area contributed by atoms with E-state index in [-0.39, 0.29) is 6.10 Å². The molecule has 2 rings (SSSR count). The SMILES string of the molecule is NCCC1CCCC(c2cscn2)O1. The van der Waals surface area contributed by atoms with Crippen molar-refractivity contribution in [1.29, 1.82) is 0 Å². The fourth-order valence-electron chi connectivity index (χ4n) is 1.90. The lowest BCUT2D eigenvalue weighted by atomic mass is 10.0. The second kappa shape index (κ2) is 4.87. The van der Waals surface area contributed by atoms with Crippen LogP contribution in [0, 0.1) is 0 Å². The predicted octanol–water partition coefficient (Wildman–Crippen LogP) is 2.10. The van der Waals surface area contributed by atoms with E-state index in [9.17, 15) is 0 Å². The standard InChI is InChI=1S/C10H16N2OS/c11-5-4-8-2-1-3-10(13-8)9-6-14-7-12-9/h6-8,10H,1-5,11H2. The summed E-state index contributed by atoms with van der Waals surface area (Å²) in [5.74, 6) is 0. The number of aromatic nitrogens is 1. The number of nitrogens with two attached hydrogens (primary N) is 1. The molecule has 1 saturated heterocycles. The third kappa shape index (κ3) is 2.32. The van der Waals surface area contributed by atoms with E-state index in [1.807, 2.05) is 5.51 Å². The summed E-state index contributed by atoms with van der Waals surface area (Å²) in [5.41, 5.74) is 8.49. The molecule has 14 heavy (non-hydrogen) atoms. The van der Waals surface area contributed by atoms with Crippen LogP contribution in [-0.4, -0.2) is 17.6 Å². The molecule has 78 valence electrons. The molecule has 3 nitrogen and oxygen atoms in total. The average Bonchev–Trinajstić information content (AvgIpc) is 2.71. The molecular weight excluding hydrogens is 196 g/mol. The molecule has 0 bridgehead atoms. The fraction of sp³-hybridized carbons (Fsp3) is 0.700. The van der Waals surface area contributed by atoms with E-state index in [1.54, 1.807) is 11.3 Å². The van der Waals surface area contributed by atoms with Crippen molar-refractivity contribution in [3.63, 3.8) is 0 Å². The second-order valence-corrected chi connectivity index (χ2v) is 4.39. The highest BCUT2D eigenvalue weighted by Gasteiger charge is 2.24. The first-order valence-corrected chi connectivity index (χ1v) is 6.08. The molecule has 0 aromatic carbocycles. The zero-order valence-corrected chi connectivity index (χ0v) is 9.00. The van der Waals surface area contributed by atoms with E-state index in [2.05, 4.69) is 10.4 Å². The molecule has 2 N–H and O–H groups in total. The summed E-state index contributed by atoms with van der Waals surface area (Å²) in [6, 6.07) is 0.